The number of carbonyl (C=O) groups excluding carboxylic acids is 1. The summed E-state index contributed by atoms with van der Waals surface area (Å²) >= 11 is 9.85. The number of anilines is 1. The van der Waals surface area contributed by atoms with Gasteiger partial charge in [-0.15, -0.1) is 0 Å². The predicted octanol–water partition coefficient (Wildman–Crippen LogP) is 5.13. The number of carbonyl (C=O) groups is 1. The van der Waals surface area contributed by atoms with Crippen molar-refractivity contribution in [2.24, 2.45) is 0 Å². The first-order valence-corrected chi connectivity index (χ1v) is 7.96. The van der Waals surface area contributed by atoms with Crippen molar-refractivity contribution < 1.29 is 9.72 Å². The lowest BCUT2D eigenvalue weighted by atomic mass is 10.2. The maximum atomic E-state index is 12.3. The van der Waals surface area contributed by atoms with Crippen molar-refractivity contribution in [3.8, 4) is 0 Å². The molecule has 0 unspecified atom stereocenters. The van der Waals surface area contributed by atoms with Crippen LogP contribution in [-0.2, 0) is 0 Å². The van der Waals surface area contributed by atoms with Gasteiger partial charge in [-0.25, -0.2) is 0 Å². The van der Waals surface area contributed by atoms with Gasteiger partial charge in [-0.2, -0.15) is 0 Å². The van der Waals surface area contributed by atoms with Crippen LogP contribution in [-0.4, -0.2) is 10.8 Å². The van der Waals surface area contributed by atoms with Crippen molar-refractivity contribution in [1.29, 1.82) is 0 Å². The molecule has 0 atom stereocenters. The minimum atomic E-state index is -0.517. The molecule has 0 radical (unpaired) electrons. The van der Waals surface area contributed by atoms with Gasteiger partial charge in [-0.3, -0.25) is 14.9 Å². The van der Waals surface area contributed by atoms with Crippen LogP contribution in [0.3, 0.4) is 0 Å². The lowest BCUT2D eigenvalue weighted by Gasteiger charge is -2.09. The van der Waals surface area contributed by atoms with E-state index in [2.05, 4.69) is 53.1 Å². The maximum Gasteiger partial charge on any atom is 0.271 e. The number of nitro groups is 1. The third-order valence-electron chi connectivity index (χ3n) is 2.58. The molecule has 0 aliphatic carbocycles. The molecule has 2 aromatic rings. The van der Waals surface area contributed by atoms with E-state index < -0.39 is 4.92 Å². The molecule has 0 saturated carbocycles. The van der Waals surface area contributed by atoms with Gasteiger partial charge < -0.3 is 5.32 Å². The monoisotopic (exact) mass is 476 g/mol. The Morgan fingerprint density at radius 2 is 1.71 bits per heavy atom. The SMILES string of the molecule is O=C(Nc1cc([N+](=O)[O-])ccc1Br)c1cc(Br)ccc1Br. The maximum absolute atomic E-state index is 12.3. The zero-order chi connectivity index (χ0) is 15.6. The van der Waals surface area contributed by atoms with E-state index in [4.69, 9.17) is 0 Å². The molecule has 1 amide bonds. The summed E-state index contributed by atoms with van der Waals surface area (Å²) in [6, 6.07) is 9.36. The third-order valence-corrected chi connectivity index (χ3v) is 4.46. The molecule has 2 rings (SSSR count). The largest absolute Gasteiger partial charge is 0.321 e. The van der Waals surface area contributed by atoms with Gasteiger partial charge in [0.2, 0.25) is 0 Å². The molecule has 0 aliphatic heterocycles. The van der Waals surface area contributed by atoms with Crippen LogP contribution in [0.4, 0.5) is 11.4 Å². The Hall–Kier alpha value is -1.25. The molecule has 108 valence electrons. The number of nitrogens with one attached hydrogen (secondary N) is 1. The Labute approximate surface area is 145 Å². The number of non-ortho nitro benzene ring substituents is 1. The van der Waals surface area contributed by atoms with Crippen molar-refractivity contribution in [3.63, 3.8) is 0 Å². The van der Waals surface area contributed by atoms with Gasteiger partial charge in [0.1, 0.15) is 0 Å². The number of nitro benzene ring substituents is 1. The van der Waals surface area contributed by atoms with E-state index in [9.17, 15) is 14.9 Å². The minimum Gasteiger partial charge on any atom is -0.321 e. The Kier molecular flexibility index (Phi) is 5.13. The van der Waals surface area contributed by atoms with Crippen molar-refractivity contribution in [2.45, 2.75) is 0 Å². The van der Waals surface area contributed by atoms with Crippen molar-refractivity contribution in [1.82, 2.24) is 0 Å². The number of benzene rings is 2. The highest BCUT2D eigenvalue weighted by atomic mass is 79.9. The highest BCUT2D eigenvalue weighted by Crippen LogP contribution is 2.29. The summed E-state index contributed by atoms with van der Waals surface area (Å²) < 4.78 is 1.95. The molecular weight excluding hydrogens is 472 g/mol. The van der Waals surface area contributed by atoms with Gasteiger partial charge in [0, 0.05) is 25.6 Å². The lowest BCUT2D eigenvalue weighted by molar-refractivity contribution is -0.384. The van der Waals surface area contributed by atoms with E-state index in [1.165, 1.54) is 18.2 Å². The van der Waals surface area contributed by atoms with Crippen molar-refractivity contribution >= 4 is 65.1 Å². The summed E-state index contributed by atoms with van der Waals surface area (Å²) in [6.45, 7) is 0. The van der Waals surface area contributed by atoms with Crippen LogP contribution in [0, 0.1) is 10.1 Å². The van der Waals surface area contributed by atoms with E-state index in [0.717, 1.165) is 4.47 Å². The number of halogens is 3. The molecule has 2 aromatic carbocycles. The summed E-state index contributed by atoms with van der Waals surface area (Å²) in [5, 5.41) is 13.4. The molecule has 0 aromatic heterocycles. The van der Waals surface area contributed by atoms with Crippen molar-refractivity contribution in [2.75, 3.05) is 5.32 Å². The summed E-state index contributed by atoms with van der Waals surface area (Å²) in [6.07, 6.45) is 0. The topological polar surface area (TPSA) is 72.2 Å². The first kappa shape index (κ1) is 16.1. The minimum absolute atomic E-state index is 0.0955. The Morgan fingerprint density at radius 3 is 2.38 bits per heavy atom. The lowest BCUT2D eigenvalue weighted by Crippen LogP contribution is -2.13. The first-order chi connectivity index (χ1) is 9.88. The Bertz CT molecular complexity index is 735. The quantitative estimate of drug-likeness (QED) is 0.490. The number of amides is 1. The van der Waals surface area contributed by atoms with E-state index in [1.54, 1.807) is 18.2 Å². The van der Waals surface area contributed by atoms with E-state index in [1.807, 2.05) is 0 Å². The molecule has 0 saturated heterocycles. The molecule has 8 heteroatoms. The first-order valence-electron chi connectivity index (χ1n) is 5.59. The molecular formula is C13H7Br3N2O3. The average Bonchev–Trinajstić information content (AvgIpc) is 2.43. The average molecular weight is 479 g/mol. The van der Waals surface area contributed by atoms with Gasteiger partial charge in [0.25, 0.3) is 11.6 Å². The van der Waals surface area contributed by atoms with Gasteiger partial charge >= 0.3 is 0 Å². The fourth-order valence-electron chi connectivity index (χ4n) is 1.58. The van der Waals surface area contributed by atoms with Crippen LogP contribution in [0.5, 0.6) is 0 Å². The standard InChI is InChI=1S/C13H7Br3N2O3/c14-7-1-3-10(15)9(5-7)13(19)17-12-6-8(18(20)21)2-4-11(12)16/h1-6H,(H,17,19). The second-order valence-corrected chi connectivity index (χ2v) is 6.62. The highest BCUT2D eigenvalue weighted by Gasteiger charge is 2.15. The van der Waals surface area contributed by atoms with Crippen LogP contribution in [0.25, 0.3) is 0 Å². The highest BCUT2D eigenvalue weighted by molar-refractivity contribution is 9.11. The van der Waals surface area contributed by atoms with E-state index >= 15 is 0 Å². The summed E-state index contributed by atoms with van der Waals surface area (Å²) in [4.78, 5) is 22.5. The zero-order valence-corrected chi connectivity index (χ0v) is 15.0. The number of hydrogen-bond acceptors (Lipinski definition) is 3. The van der Waals surface area contributed by atoms with Gasteiger partial charge in [-0.05, 0) is 56.1 Å². The van der Waals surface area contributed by atoms with Gasteiger partial charge in [0.15, 0.2) is 0 Å². The molecule has 0 fully saturated rings. The molecule has 5 nitrogen and oxygen atoms in total. The second-order valence-electron chi connectivity index (χ2n) is 4.00. The fraction of sp³-hybridized carbons (Fsp3) is 0. The fourth-order valence-corrected chi connectivity index (χ4v) is 2.72. The second kappa shape index (κ2) is 6.67. The Morgan fingerprint density at radius 1 is 1.05 bits per heavy atom. The third kappa shape index (κ3) is 3.90. The van der Waals surface area contributed by atoms with Crippen LogP contribution >= 0.6 is 47.8 Å². The summed E-state index contributed by atoms with van der Waals surface area (Å²) in [5.41, 5.74) is 0.658. The normalized spacial score (nSPS) is 10.2. The van der Waals surface area contributed by atoms with Gasteiger partial charge in [0.05, 0.1) is 16.2 Å². The van der Waals surface area contributed by atoms with Crippen LogP contribution in [0.2, 0.25) is 0 Å². The molecule has 0 spiro atoms. The molecule has 21 heavy (non-hydrogen) atoms. The van der Waals surface area contributed by atoms with Crippen molar-refractivity contribution in [3.05, 3.63) is 65.5 Å². The molecule has 0 heterocycles. The van der Waals surface area contributed by atoms with E-state index in [-0.39, 0.29) is 11.6 Å². The Balaban J connectivity index is 2.33. The molecule has 1 N–H and O–H groups in total. The smallest absolute Gasteiger partial charge is 0.271 e. The van der Waals surface area contributed by atoms with Crippen LogP contribution < -0.4 is 5.32 Å². The zero-order valence-electron chi connectivity index (χ0n) is 10.3. The van der Waals surface area contributed by atoms with E-state index in [0.29, 0.717) is 20.2 Å². The molecule has 0 bridgehead atoms. The molecule has 0 aliphatic rings. The number of nitrogens with zero attached hydrogens (tertiary/aromatic N) is 1. The summed E-state index contributed by atoms with van der Waals surface area (Å²) in [5.74, 6) is -0.371. The summed E-state index contributed by atoms with van der Waals surface area (Å²) in [7, 11) is 0. The number of rotatable bonds is 3. The van der Waals surface area contributed by atoms with Crippen LogP contribution in [0.1, 0.15) is 10.4 Å². The predicted molar refractivity (Wildman–Crippen MR) is 90.6 cm³/mol. The van der Waals surface area contributed by atoms with Crippen LogP contribution in [0.15, 0.2) is 49.8 Å². The van der Waals surface area contributed by atoms with Gasteiger partial charge in [-0.1, -0.05) is 15.9 Å². The number of hydrogen-bond donors (Lipinski definition) is 1.